The minimum Gasteiger partial charge on any atom is -0.361 e. The number of fused-ring (bicyclic) bond motifs is 1. The lowest BCUT2D eigenvalue weighted by molar-refractivity contribution is 0.912. The summed E-state index contributed by atoms with van der Waals surface area (Å²) >= 11 is 0. The first-order valence-corrected chi connectivity index (χ1v) is 7.83. The number of rotatable bonds is 4. The standard InChI is InChI=1S/C19H17N5/c1-13-4-2-5-15-16(12-23-17(13)15)18(14-6-10-20-11-7-14)24-19-21-8-3-9-22-19/h2-12,18,23H,1H3,(H,21,22,24). The summed E-state index contributed by atoms with van der Waals surface area (Å²) in [5.41, 5.74) is 4.65. The number of anilines is 1. The van der Waals surface area contributed by atoms with Crippen molar-refractivity contribution in [1.29, 1.82) is 0 Å². The van der Waals surface area contributed by atoms with Crippen LogP contribution < -0.4 is 5.32 Å². The van der Waals surface area contributed by atoms with Crippen LogP contribution in [-0.2, 0) is 0 Å². The van der Waals surface area contributed by atoms with Crippen LogP contribution in [-0.4, -0.2) is 19.9 Å². The summed E-state index contributed by atoms with van der Waals surface area (Å²) < 4.78 is 0. The highest BCUT2D eigenvalue weighted by Crippen LogP contribution is 2.32. The normalized spacial score (nSPS) is 12.2. The Kier molecular flexibility index (Phi) is 3.67. The average molecular weight is 315 g/mol. The second kappa shape index (κ2) is 6.12. The second-order valence-corrected chi connectivity index (χ2v) is 5.67. The largest absolute Gasteiger partial charge is 0.361 e. The van der Waals surface area contributed by atoms with E-state index in [0.717, 1.165) is 16.6 Å². The summed E-state index contributed by atoms with van der Waals surface area (Å²) in [6, 6.07) is 12.1. The third-order valence-electron chi connectivity index (χ3n) is 4.15. The van der Waals surface area contributed by atoms with Crippen LogP contribution in [0.25, 0.3) is 10.9 Å². The molecule has 0 saturated heterocycles. The molecule has 0 radical (unpaired) electrons. The molecule has 5 heteroatoms. The van der Waals surface area contributed by atoms with E-state index in [1.54, 1.807) is 24.8 Å². The molecular formula is C19H17N5. The molecule has 118 valence electrons. The van der Waals surface area contributed by atoms with Crippen molar-refractivity contribution in [3.05, 3.63) is 84.1 Å². The molecule has 3 aromatic heterocycles. The summed E-state index contributed by atoms with van der Waals surface area (Å²) in [7, 11) is 0. The van der Waals surface area contributed by atoms with Gasteiger partial charge in [0.2, 0.25) is 5.95 Å². The Labute approximate surface area is 139 Å². The SMILES string of the molecule is Cc1cccc2c(C(Nc3ncccn3)c3ccncc3)c[nH]c12. The third kappa shape index (κ3) is 2.60. The van der Waals surface area contributed by atoms with Crippen molar-refractivity contribution in [3.63, 3.8) is 0 Å². The summed E-state index contributed by atoms with van der Waals surface area (Å²) in [5.74, 6) is 0.598. The minimum absolute atomic E-state index is 0.0639. The Morgan fingerprint density at radius 2 is 1.75 bits per heavy atom. The number of pyridine rings is 1. The van der Waals surface area contributed by atoms with Crippen molar-refractivity contribution >= 4 is 16.9 Å². The molecule has 0 aliphatic heterocycles. The Bertz CT molecular complexity index is 947. The van der Waals surface area contributed by atoms with Gasteiger partial charge in [-0.2, -0.15) is 0 Å². The van der Waals surface area contributed by atoms with Crippen molar-refractivity contribution in [3.8, 4) is 0 Å². The molecule has 4 aromatic rings. The predicted molar refractivity (Wildman–Crippen MR) is 94.8 cm³/mol. The number of aryl methyl sites for hydroxylation is 1. The summed E-state index contributed by atoms with van der Waals surface area (Å²) in [4.78, 5) is 16.1. The van der Waals surface area contributed by atoms with Crippen molar-refractivity contribution in [1.82, 2.24) is 19.9 Å². The van der Waals surface area contributed by atoms with Crippen LogP contribution in [0.2, 0.25) is 0 Å². The van der Waals surface area contributed by atoms with Crippen molar-refractivity contribution < 1.29 is 0 Å². The van der Waals surface area contributed by atoms with Crippen LogP contribution >= 0.6 is 0 Å². The maximum Gasteiger partial charge on any atom is 0.223 e. The summed E-state index contributed by atoms with van der Waals surface area (Å²) in [6.07, 6.45) is 9.13. The van der Waals surface area contributed by atoms with Crippen LogP contribution in [0.3, 0.4) is 0 Å². The van der Waals surface area contributed by atoms with Crippen LogP contribution in [0.4, 0.5) is 5.95 Å². The first-order chi connectivity index (χ1) is 11.8. The van der Waals surface area contributed by atoms with E-state index in [0.29, 0.717) is 5.95 Å². The van der Waals surface area contributed by atoms with Gasteiger partial charge in [-0.1, -0.05) is 18.2 Å². The van der Waals surface area contributed by atoms with E-state index in [4.69, 9.17) is 0 Å². The predicted octanol–water partition coefficient (Wildman–Crippen LogP) is 3.86. The van der Waals surface area contributed by atoms with Crippen LogP contribution in [0, 0.1) is 6.92 Å². The molecule has 1 aromatic carbocycles. The number of aromatic nitrogens is 4. The highest BCUT2D eigenvalue weighted by Gasteiger charge is 2.19. The lowest BCUT2D eigenvalue weighted by Crippen LogP contribution is -2.14. The molecule has 0 amide bonds. The fourth-order valence-electron chi connectivity index (χ4n) is 2.97. The van der Waals surface area contributed by atoms with Crippen LogP contribution in [0.15, 0.2) is 67.4 Å². The zero-order valence-electron chi connectivity index (χ0n) is 13.3. The van der Waals surface area contributed by atoms with E-state index in [9.17, 15) is 0 Å². The molecule has 5 nitrogen and oxygen atoms in total. The number of hydrogen-bond acceptors (Lipinski definition) is 4. The van der Waals surface area contributed by atoms with Crippen LogP contribution in [0.1, 0.15) is 22.7 Å². The number of nitrogens with zero attached hydrogens (tertiary/aromatic N) is 3. The molecule has 2 N–H and O–H groups in total. The van der Waals surface area contributed by atoms with E-state index in [1.165, 1.54) is 10.9 Å². The zero-order chi connectivity index (χ0) is 16.4. The fourth-order valence-corrected chi connectivity index (χ4v) is 2.97. The highest BCUT2D eigenvalue weighted by molar-refractivity contribution is 5.87. The molecule has 0 aliphatic carbocycles. The monoisotopic (exact) mass is 315 g/mol. The van der Waals surface area contributed by atoms with Gasteiger partial charge in [0.15, 0.2) is 0 Å². The fraction of sp³-hybridized carbons (Fsp3) is 0.105. The molecular weight excluding hydrogens is 298 g/mol. The Balaban J connectivity index is 1.84. The zero-order valence-corrected chi connectivity index (χ0v) is 13.3. The number of H-pyrrole nitrogens is 1. The molecule has 1 atom stereocenters. The lowest BCUT2D eigenvalue weighted by Gasteiger charge is -2.19. The topological polar surface area (TPSA) is 66.5 Å². The number of aromatic amines is 1. The number of hydrogen-bond donors (Lipinski definition) is 2. The number of benzene rings is 1. The molecule has 1 unspecified atom stereocenters. The van der Waals surface area contributed by atoms with Gasteiger partial charge in [-0.25, -0.2) is 9.97 Å². The maximum atomic E-state index is 4.30. The van der Waals surface area contributed by atoms with Gasteiger partial charge in [-0.15, -0.1) is 0 Å². The van der Waals surface area contributed by atoms with Gasteiger partial charge < -0.3 is 10.3 Å². The van der Waals surface area contributed by atoms with Crippen molar-refractivity contribution in [2.24, 2.45) is 0 Å². The molecule has 3 heterocycles. The number of para-hydroxylation sites is 1. The van der Waals surface area contributed by atoms with Gasteiger partial charge in [-0.3, -0.25) is 4.98 Å². The van der Waals surface area contributed by atoms with E-state index < -0.39 is 0 Å². The molecule has 24 heavy (non-hydrogen) atoms. The van der Waals surface area contributed by atoms with Crippen LogP contribution in [0.5, 0.6) is 0 Å². The lowest BCUT2D eigenvalue weighted by atomic mass is 9.98. The molecule has 0 fully saturated rings. The summed E-state index contributed by atoms with van der Waals surface area (Å²) in [6.45, 7) is 2.11. The molecule has 4 rings (SSSR count). The van der Waals surface area contributed by atoms with Crippen molar-refractivity contribution in [2.75, 3.05) is 5.32 Å². The second-order valence-electron chi connectivity index (χ2n) is 5.67. The van der Waals surface area contributed by atoms with Gasteiger partial charge >= 0.3 is 0 Å². The molecule has 0 bridgehead atoms. The Hall–Kier alpha value is -3.21. The van der Waals surface area contributed by atoms with Gasteiger partial charge in [0.1, 0.15) is 0 Å². The van der Waals surface area contributed by atoms with Crippen molar-refractivity contribution in [2.45, 2.75) is 13.0 Å². The van der Waals surface area contributed by atoms with Gasteiger partial charge in [-0.05, 0) is 36.2 Å². The highest BCUT2D eigenvalue weighted by atomic mass is 15.1. The number of nitrogens with one attached hydrogen (secondary N) is 2. The minimum atomic E-state index is -0.0639. The van der Waals surface area contributed by atoms with Gasteiger partial charge in [0, 0.05) is 47.5 Å². The Morgan fingerprint density at radius 1 is 0.958 bits per heavy atom. The third-order valence-corrected chi connectivity index (χ3v) is 4.15. The Morgan fingerprint density at radius 3 is 2.54 bits per heavy atom. The van der Waals surface area contributed by atoms with E-state index >= 15 is 0 Å². The van der Waals surface area contributed by atoms with E-state index in [-0.39, 0.29) is 6.04 Å². The van der Waals surface area contributed by atoms with Gasteiger partial charge in [0.25, 0.3) is 0 Å². The van der Waals surface area contributed by atoms with Gasteiger partial charge in [0.05, 0.1) is 6.04 Å². The first kappa shape index (κ1) is 14.4. The van der Waals surface area contributed by atoms with E-state index in [1.807, 2.05) is 18.2 Å². The molecule has 0 spiro atoms. The molecule has 0 aliphatic rings. The first-order valence-electron chi connectivity index (χ1n) is 7.83. The quantitative estimate of drug-likeness (QED) is 0.600. The maximum absolute atomic E-state index is 4.30. The average Bonchev–Trinajstić information content (AvgIpc) is 3.07. The summed E-state index contributed by atoms with van der Waals surface area (Å²) in [5, 5.41) is 4.63. The van der Waals surface area contributed by atoms with E-state index in [2.05, 4.69) is 56.6 Å². The smallest absolute Gasteiger partial charge is 0.223 e. The molecule has 0 saturated carbocycles.